The third-order valence-corrected chi connectivity index (χ3v) is 14.5. The van der Waals surface area contributed by atoms with Crippen LogP contribution in [0.15, 0.2) is 59.5 Å². The molecule has 1 nitrogen and oxygen atoms in total. The zero-order chi connectivity index (χ0) is 18.0. The van der Waals surface area contributed by atoms with E-state index in [4.69, 9.17) is 0 Å². The van der Waals surface area contributed by atoms with Crippen LogP contribution in [-0.2, 0) is 0 Å². The first kappa shape index (κ1) is 19.1. The Kier molecular flexibility index (Phi) is 5.56. The van der Waals surface area contributed by atoms with Gasteiger partial charge in [-0.25, -0.2) is 0 Å². The van der Waals surface area contributed by atoms with E-state index in [1.807, 2.05) is 23.9 Å². The molecule has 3 heteroatoms. The molecule has 0 aliphatic rings. The van der Waals surface area contributed by atoms with Crippen molar-refractivity contribution in [1.29, 1.82) is 0 Å². The number of phenols is 1. The van der Waals surface area contributed by atoms with Gasteiger partial charge in [0.2, 0.25) is 0 Å². The van der Waals surface area contributed by atoms with Crippen molar-refractivity contribution in [3.05, 3.63) is 54.6 Å². The van der Waals surface area contributed by atoms with E-state index in [2.05, 4.69) is 71.9 Å². The molecule has 0 radical (unpaired) electrons. The minimum absolute atomic E-state index is 0.247. The van der Waals surface area contributed by atoms with E-state index >= 15 is 0 Å². The van der Waals surface area contributed by atoms with Gasteiger partial charge >= 0.3 is 0 Å². The molecule has 0 saturated carbocycles. The Morgan fingerprint density at radius 1 is 0.792 bits per heavy atom. The molecule has 0 unspecified atom stereocenters. The highest BCUT2D eigenvalue weighted by Crippen LogP contribution is 2.52. The largest absolute Gasteiger partial charge is 0.508 e. The number of hydrogen-bond donors (Lipinski definition) is 1. The summed E-state index contributed by atoms with van der Waals surface area (Å²) in [6.07, 6.45) is 0. The number of thioether (sulfide) groups is 1. The molecule has 0 bridgehead atoms. The van der Waals surface area contributed by atoms with Crippen molar-refractivity contribution in [3.63, 3.8) is 0 Å². The van der Waals surface area contributed by atoms with Gasteiger partial charge in [-0.2, -0.15) is 0 Å². The molecule has 0 fully saturated rings. The first-order chi connectivity index (χ1) is 11.1. The Bertz CT molecular complexity index is 637. The van der Waals surface area contributed by atoms with Gasteiger partial charge in [0.05, 0.1) is 0 Å². The minimum Gasteiger partial charge on any atom is -0.508 e. The number of benzene rings is 2. The maximum absolute atomic E-state index is 9.52. The Morgan fingerprint density at radius 3 is 1.75 bits per heavy atom. The lowest BCUT2D eigenvalue weighted by Crippen LogP contribution is -2.63. The van der Waals surface area contributed by atoms with Gasteiger partial charge < -0.3 is 5.11 Å². The molecule has 130 valence electrons. The third kappa shape index (κ3) is 3.73. The average molecular weight is 359 g/mol. The maximum Gasteiger partial charge on any atom is 0.115 e. The second kappa shape index (κ2) is 6.97. The summed E-state index contributed by atoms with van der Waals surface area (Å²) < 4.78 is 0. The Morgan fingerprint density at radius 2 is 1.29 bits per heavy atom. The van der Waals surface area contributed by atoms with Crippen LogP contribution in [0.5, 0.6) is 5.75 Å². The topological polar surface area (TPSA) is 20.2 Å². The Balaban J connectivity index is 2.47. The summed E-state index contributed by atoms with van der Waals surface area (Å²) in [6, 6.07) is 18.7. The molecule has 0 atom stereocenters. The van der Waals surface area contributed by atoms with E-state index < -0.39 is 8.07 Å². The molecular formula is C21H30OSSi. The second-order valence-corrected chi connectivity index (χ2v) is 15.9. The zero-order valence-electron chi connectivity index (χ0n) is 15.8. The molecule has 0 aromatic heterocycles. The summed E-state index contributed by atoms with van der Waals surface area (Å²) in [5.41, 5.74) is 0. The zero-order valence-corrected chi connectivity index (χ0v) is 17.6. The van der Waals surface area contributed by atoms with Crippen LogP contribution in [0.25, 0.3) is 0 Å². The highest BCUT2D eigenvalue weighted by atomic mass is 32.2. The van der Waals surface area contributed by atoms with Crippen LogP contribution < -0.4 is 5.19 Å². The highest BCUT2D eigenvalue weighted by Gasteiger charge is 2.53. The van der Waals surface area contributed by atoms with Crippen molar-refractivity contribution in [1.82, 2.24) is 0 Å². The number of phenolic OH excluding ortho intramolecular Hbond substituents is 1. The summed E-state index contributed by atoms with van der Waals surface area (Å²) in [6.45, 7) is 14.5. The number of hydrogen-bond acceptors (Lipinski definition) is 2. The molecular weight excluding hydrogens is 328 g/mol. The third-order valence-electron chi connectivity index (χ3n) is 5.12. The highest BCUT2D eigenvalue weighted by molar-refractivity contribution is 8.01. The molecule has 0 amide bonds. The number of aromatic hydroxyl groups is 1. The summed E-state index contributed by atoms with van der Waals surface area (Å²) >= 11 is 1.94. The van der Waals surface area contributed by atoms with Crippen molar-refractivity contribution in [2.24, 2.45) is 0 Å². The average Bonchev–Trinajstić information content (AvgIpc) is 2.48. The summed E-state index contributed by atoms with van der Waals surface area (Å²) in [5.74, 6) is 0.331. The number of rotatable bonds is 4. The SMILES string of the molecule is CC(C)(C)[Si](CSc1ccc(O)cc1)(c1ccccc1)C(C)(C)C. The lowest BCUT2D eigenvalue weighted by molar-refractivity contribution is 0.475. The van der Waals surface area contributed by atoms with E-state index in [0.29, 0.717) is 5.75 Å². The predicted molar refractivity (Wildman–Crippen MR) is 110 cm³/mol. The summed E-state index contributed by atoms with van der Waals surface area (Å²) in [5, 5.41) is 12.7. The Labute approximate surface area is 152 Å². The van der Waals surface area contributed by atoms with Gasteiger partial charge in [0, 0.05) is 4.90 Å². The van der Waals surface area contributed by atoms with Gasteiger partial charge in [0.25, 0.3) is 0 Å². The molecule has 0 saturated heterocycles. The van der Waals surface area contributed by atoms with Crippen LogP contribution in [0.3, 0.4) is 0 Å². The standard InChI is InChI=1S/C21H30OSSi/c1-20(2,3)24(21(4,5)6,19-10-8-7-9-11-19)16-23-18-14-12-17(22)13-15-18/h7-15,22H,16H2,1-6H3. The van der Waals surface area contributed by atoms with Gasteiger partial charge in [-0.3, -0.25) is 0 Å². The monoisotopic (exact) mass is 358 g/mol. The van der Waals surface area contributed by atoms with E-state index in [1.54, 1.807) is 12.1 Å². The van der Waals surface area contributed by atoms with Crippen LogP contribution in [0.2, 0.25) is 10.1 Å². The molecule has 0 spiro atoms. The Hall–Kier alpha value is -1.19. The molecule has 0 aliphatic carbocycles. The molecule has 24 heavy (non-hydrogen) atoms. The predicted octanol–water partition coefficient (Wildman–Crippen LogP) is 5.98. The van der Waals surface area contributed by atoms with Crippen LogP contribution in [0.4, 0.5) is 0 Å². The first-order valence-corrected chi connectivity index (χ1v) is 11.7. The smallest absolute Gasteiger partial charge is 0.115 e. The quantitative estimate of drug-likeness (QED) is 0.536. The van der Waals surface area contributed by atoms with Crippen LogP contribution in [0.1, 0.15) is 41.5 Å². The molecule has 2 aromatic rings. The van der Waals surface area contributed by atoms with E-state index in [-0.39, 0.29) is 10.1 Å². The van der Waals surface area contributed by atoms with Crippen molar-refractivity contribution >= 4 is 25.0 Å². The first-order valence-electron chi connectivity index (χ1n) is 8.55. The molecule has 0 aliphatic heterocycles. The van der Waals surface area contributed by atoms with Gasteiger partial charge in [-0.1, -0.05) is 77.1 Å². The van der Waals surface area contributed by atoms with Gasteiger partial charge in [-0.05, 0) is 39.7 Å². The molecule has 2 aromatic carbocycles. The lowest BCUT2D eigenvalue weighted by atomic mass is 10.2. The summed E-state index contributed by atoms with van der Waals surface area (Å²) in [7, 11) is -1.87. The molecule has 0 heterocycles. The molecule has 2 rings (SSSR count). The lowest BCUT2D eigenvalue weighted by Gasteiger charge is -2.52. The van der Waals surface area contributed by atoms with Crippen molar-refractivity contribution in [2.45, 2.75) is 56.5 Å². The van der Waals surface area contributed by atoms with Crippen molar-refractivity contribution in [3.8, 4) is 5.75 Å². The van der Waals surface area contributed by atoms with E-state index in [0.717, 1.165) is 5.38 Å². The fraction of sp³-hybridized carbons (Fsp3) is 0.429. The van der Waals surface area contributed by atoms with E-state index in [9.17, 15) is 5.11 Å². The van der Waals surface area contributed by atoms with Crippen LogP contribution >= 0.6 is 11.8 Å². The fourth-order valence-electron chi connectivity index (χ4n) is 3.96. The summed E-state index contributed by atoms with van der Waals surface area (Å²) in [4.78, 5) is 1.23. The minimum atomic E-state index is -1.87. The van der Waals surface area contributed by atoms with Gasteiger partial charge in [0.15, 0.2) is 0 Å². The fourth-order valence-corrected chi connectivity index (χ4v) is 14.7. The normalized spacial score (nSPS) is 13.1. The van der Waals surface area contributed by atoms with Gasteiger partial charge in [-0.15, -0.1) is 11.8 Å². The van der Waals surface area contributed by atoms with Gasteiger partial charge in [0.1, 0.15) is 13.8 Å². The van der Waals surface area contributed by atoms with Crippen molar-refractivity contribution in [2.75, 3.05) is 5.38 Å². The van der Waals surface area contributed by atoms with Crippen LogP contribution in [0, 0.1) is 0 Å². The second-order valence-electron chi connectivity index (χ2n) is 8.55. The molecule has 1 N–H and O–H groups in total. The van der Waals surface area contributed by atoms with Crippen molar-refractivity contribution < 1.29 is 5.11 Å². The van der Waals surface area contributed by atoms with E-state index in [1.165, 1.54) is 10.1 Å². The maximum atomic E-state index is 9.52. The van der Waals surface area contributed by atoms with Crippen LogP contribution in [-0.4, -0.2) is 18.6 Å².